The van der Waals surface area contributed by atoms with Crippen LogP contribution in [0.2, 0.25) is 0 Å². The van der Waals surface area contributed by atoms with Crippen LogP contribution in [-0.2, 0) is 38.1 Å². The molecule has 3 amide bonds. The van der Waals surface area contributed by atoms with E-state index in [9.17, 15) is 34.2 Å². The molecule has 1 saturated heterocycles. The second kappa shape index (κ2) is 16.0. The third-order valence-corrected chi connectivity index (χ3v) is 8.84. The fourth-order valence-electron chi connectivity index (χ4n) is 5.03. The van der Waals surface area contributed by atoms with E-state index >= 15 is 0 Å². The molecule has 0 saturated carbocycles. The van der Waals surface area contributed by atoms with E-state index in [0.29, 0.717) is 23.3 Å². The van der Waals surface area contributed by atoms with Crippen LogP contribution in [0, 0.1) is 0 Å². The van der Waals surface area contributed by atoms with E-state index in [-0.39, 0.29) is 89.5 Å². The molecule has 3 atom stereocenters. The van der Waals surface area contributed by atoms with Crippen molar-refractivity contribution < 1.29 is 93.3 Å². The molecule has 2 N–H and O–H groups in total. The van der Waals surface area contributed by atoms with Crippen LogP contribution < -0.4 is 80.0 Å². The molecule has 2 aliphatic rings. The Morgan fingerprint density at radius 2 is 1.73 bits per heavy atom. The first-order valence-corrected chi connectivity index (χ1v) is 14.7. The van der Waals surface area contributed by atoms with Gasteiger partial charge in [0.15, 0.2) is 0 Å². The Labute approximate surface area is 305 Å². The van der Waals surface area contributed by atoms with Crippen molar-refractivity contribution in [3.05, 3.63) is 70.7 Å². The number of carboxylic acids is 2. The molecule has 2 aliphatic heterocycles. The Hall–Kier alpha value is -2.06. The Kier molecular flexibility index (Phi) is 13.8. The predicted molar refractivity (Wildman–Crippen MR) is 151 cm³/mol. The van der Waals surface area contributed by atoms with Gasteiger partial charge in [0.25, 0.3) is 11.8 Å². The van der Waals surface area contributed by atoms with Gasteiger partial charge in [-0.3, -0.25) is 19.3 Å². The minimum atomic E-state index is -1.47. The molecule has 224 valence electrons. The van der Waals surface area contributed by atoms with Gasteiger partial charge in [0.05, 0.1) is 23.7 Å². The number of carboxylic acid groups (broad SMARTS) is 2. The van der Waals surface area contributed by atoms with E-state index in [1.807, 2.05) is 62.8 Å². The van der Waals surface area contributed by atoms with Crippen molar-refractivity contribution in [2.45, 2.75) is 69.3 Å². The number of aliphatic carboxylic acids is 2. The summed E-state index contributed by atoms with van der Waals surface area (Å²) in [6, 6.07) is 8.41. The number of hydrogen-bond donors (Lipinski definition) is 2. The van der Waals surface area contributed by atoms with Crippen LogP contribution in [0.25, 0.3) is 0 Å². The van der Waals surface area contributed by atoms with Crippen LogP contribution in [0.15, 0.2) is 53.9 Å². The normalized spacial score (nSPS) is 18.2. The number of hydrogen-bond acceptors (Lipinski definition) is 8. The van der Waals surface area contributed by atoms with Gasteiger partial charge in [0.1, 0.15) is 11.4 Å². The number of aromatic nitrogens is 1. The number of amides is 3. The van der Waals surface area contributed by atoms with Crippen molar-refractivity contribution in [2.75, 3.05) is 5.75 Å². The standard InChI is InChI=1S/C30H36N4O7S.2Na/c1-30(2,3)19-12-10-17(11-13-19)25(36)31-21(28(38)39)8-5-9-22(35)32-23-26(37)34-24(29(40)41)18(16-42-27(23)34)15-20-7-6-14-33(20)4;;/h6-7,10-14,21,23,27H,5,8-9,15-16H2,1-4H3,(H,31,36)(H,32,35)(H,38,39)(H,40,41);;/q;2*+1/p-2/t21?,23-,27+;;/m1../s1. The first kappa shape index (κ1) is 38.1. The molecule has 14 heteroatoms. The molecule has 1 aromatic heterocycles. The van der Waals surface area contributed by atoms with E-state index in [1.54, 1.807) is 12.1 Å². The first-order valence-electron chi connectivity index (χ1n) is 13.7. The molecule has 4 rings (SSSR count). The molecule has 0 aliphatic carbocycles. The van der Waals surface area contributed by atoms with Gasteiger partial charge in [-0.05, 0) is 53.7 Å². The van der Waals surface area contributed by atoms with Gasteiger partial charge in [0, 0.05) is 43.1 Å². The van der Waals surface area contributed by atoms with Gasteiger partial charge in [0.2, 0.25) is 5.91 Å². The zero-order valence-corrected chi connectivity index (χ0v) is 30.8. The zero-order valence-electron chi connectivity index (χ0n) is 26.0. The van der Waals surface area contributed by atoms with Gasteiger partial charge in [-0.25, -0.2) is 0 Å². The summed E-state index contributed by atoms with van der Waals surface area (Å²) in [5.41, 5.74) is 2.54. The van der Waals surface area contributed by atoms with Gasteiger partial charge in [-0.2, -0.15) is 0 Å². The predicted octanol–water partition coefficient (Wildman–Crippen LogP) is -6.00. The molecule has 3 heterocycles. The smallest absolute Gasteiger partial charge is 0.548 e. The summed E-state index contributed by atoms with van der Waals surface area (Å²) in [5.74, 6) is -4.13. The number of nitrogens with one attached hydrogen (secondary N) is 2. The fourth-order valence-corrected chi connectivity index (χ4v) is 6.38. The van der Waals surface area contributed by atoms with Crippen molar-refractivity contribution in [3.63, 3.8) is 0 Å². The molecule has 11 nitrogen and oxygen atoms in total. The van der Waals surface area contributed by atoms with Crippen LogP contribution in [0.1, 0.15) is 61.6 Å². The maximum atomic E-state index is 12.9. The Morgan fingerprint density at radius 1 is 1.07 bits per heavy atom. The molecule has 1 unspecified atom stereocenters. The molecule has 0 radical (unpaired) electrons. The minimum absolute atomic E-state index is 0. The van der Waals surface area contributed by atoms with E-state index in [0.717, 1.165) is 11.3 Å². The number of carbonyl (C=O) groups is 5. The number of rotatable bonds is 11. The SMILES string of the molecule is Cn1cccc1CC1=C(C(=O)[O-])N2C(=O)[C@@H](NC(=O)CCCC(NC(=O)c3ccc(C(C)(C)C)cc3)C(=O)[O-])[C@@H]2SC1.[Na+].[Na+]. The largest absolute Gasteiger partial charge is 1.00 e. The van der Waals surface area contributed by atoms with E-state index < -0.39 is 47.1 Å². The molecular weight excluding hydrogens is 606 g/mol. The summed E-state index contributed by atoms with van der Waals surface area (Å²) in [6.07, 6.45) is 2.17. The zero-order chi connectivity index (χ0) is 30.8. The molecule has 1 fully saturated rings. The number of β-lactam (4-membered cyclic amide) rings is 1. The van der Waals surface area contributed by atoms with Crippen molar-refractivity contribution in [1.29, 1.82) is 0 Å². The van der Waals surface area contributed by atoms with Crippen molar-refractivity contribution in [2.24, 2.45) is 7.05 Å². The van der Waals surface area contributed by atoms with E-state index in [2.05, 4.69) is 10.6 Å². The van der Waals surface area contributed by atoms with E-state index in [1.165, 1.54) is 16.7 Å². The Morgan fingerprint density at radius 3 is 2.27 bits per heavy atom. The number of nitrogens with zero attached hydrogens (tertiary/aromatic N) is 2. The maximum absolute atomic E-state index is 12.9. The monoisotopic (exact) mass is 640 g/mol. The molecular formula is C30H34N4Na2O7S. The summed E-state index contributed by atoms with van der Waals surface area (Å²) in [7, 11) is 1.85. The first-order chi connectivity index (χ1) is 19.8. The number of benzene rings is 1. The van der Waals surface area contributed by atoms with Gasteiger partial charge >= 0.3 is 59.1 Å². The Bertz CT molecular complexity index is 1440. The van der Waals surface area contributed by atoms with Gasteiger partial charge < -0.3 is 35.0 Å². The van der Waals surface area contributed by atoms with Crippen LogP contribution in [0.4, 0.5) is 0 Å². The summed E-state index contributed by atoms with van der Waals surface area (Å²) in [6.45, 7) is 6.12. The number of aryl methyl sites for hydroxylation is 1. The number of carbonyl (C=O) groups excluding carboxylic acids is 5. The van der Waals surface area contributed by atoms with Crippen LogP contribution in [0.5, 0.6) is 0 Å². The van der Waals surface area contributed by atoms with Gasteiger partial charge in [-0.1, -0.05) is 32.9 Å². The summed E-state index contributed by atoms with van der Waals surface area (Å²) >= 11 is 1.36. The fraction of sp³-hybridized carbons (Fsp3) is 0.433. The van der Waals surface area contributed by atoms with Crippen molar-refractivity contribution in [1.82, 2.24) is 20.1 Å². The average molecular weight is 641 g/mol. The van der Waals surface area contributed by atoms with Crippen LogP contribution >= 0.6 is 11.8 Å². The summed E-state index contributed by atoms with van der Waals surface area (Å²) < 4.78 is 1.87. The molecule has 2 aromatic rings. The molecule has 44 heavy (non-hydrogen) atoms. The Balaban J connectivity index is 0.00000337. The average Bonchev–Trinajstić information content (AvgIpc) is 3.34. The molecule has 1 aromatic carbocycles. The maximum Gasteiger partial charge on any atom is 1.00 e. The van der Waals surface area contributed by atoms with Crippen molar-refractivity contribution in [3.8, 4) is 0 Å². The minimum Gasteiger partial charge on any atom is -0.548 e. The number of fused-ring (bicyclic) bond motifs is 1. The molecule has 0 bridgehead atoms. The van der Waals surface area contributed by atoms with Crippen LogP contribution in [0.3, 0.4) is 0 Å². The third-order valence-electron chi connectivity index (χ3n) is 7.50. The molecule has 0 spiro atoms. The quantitative estimate of drug-likeness (QED) is 0.181. The second-order valence-electron chi connectivity index (χ2n) is 11.5. The van der Waals surface area contributed by atoms with E-state index in [4.69, 9.17) is 0 Å². The summed E-state index contributed by atoms with van der Waals surface area (Å²) in [4.78, 5) is 62.9. The van der Waals surface area contributed by atoms with Crippen molar-refractivity contribution >= 4 is 41.4 Å². The topological polar surface area (TPSA) is 164 Å². The third kappa shape index (κ3) is 8.80. The van der Waals surface area contributed by atoms with Crippen LogP contribution in [-0.4, -0.2) is 62.3 Å². The second-order valence-corrected chi connectivity index (χ2v) is 12.7. The number of thioether (sulfide) groups is 1. The van der Waals surface area contributed by atoms with Gasteiger partial charge in [-0.15, -0.1) is 11.8 Å². The summed E-state index contributed by atoms with van der Waals surface area (Å²) in [5, 5.41) is 28.1.